The fourth-order valence-corrected chi connectivity index (χ4v) is 2.48. The molecule has 8 heteroatoms. The molecule has 0 N–H and O–H groups in total. The Bertz CT molecular complexity index is 754. The molecule has 0 fully saturated rings. The molecule has 0 aliphatic rings. The van der Waals surface area contributed by atoms with Gasteiger partial charge in [-0.3, -0.25) is 9.59 Å². The van der Waals surface area contributed by atoms with E-state index in [1.54, 1.807) is 24.3 Å². The van der Waals surface area contributed by atoms with E-state index in [0.29, 0.717) is 53.8 Å². The molecular weight excluding hydrogens is 395 g/mol. The average Bonchev–Trinajstić information content (AvgIpc) is 2.67. The lowest BCUT2D eigenvalue weighted by Crippen LogP contribution is -2.07. The van der Waals surface area contributed by atoms with E-state index in [2.05, 4.69) is 0 Å². The van der Waals surface area contributed by atoms with Crippen LogP contribution in [0.4, 0.5) is 0 Å². The molecule has 27 heavy (non-hydrogen) atoms. The molecule has 0 bridgehead atoms. The van der Waals surface area contributed by atoms with Crippen molar-refractivity contribution in [1.82, 2.24) is 0 Å². The van der Waals surface area contributed by atoms with Crippen molar-refractivity contribution >= 4 is 33.7 Å². The number of methoxy groups -OCH3 is 2. The molecule has 0 saturated heterocycles. The van der Waals surface area contributed by atoms with Crippen LogP contribution < -0.4 is 18.9 Å². The van der Waals surface area contributed by atoms with Crippen LogP contribution in [0.3, 0.4) is 0 Å². The molecule has 0 amide bonds. The quantitative estimate of drug-likeness (QED) is 0.427. The number of carbonyl (C=O) groups excluding carboxylic acids is 2. The van der Waals surface area contributed by atoms with Crippen LogP contribution >= 0.6 is 23.2 Å². The number of rotatable bonds is 10. The largest absolute Gasteiger partial charge is 0.493 e. The van der Waals surface area contributed by atoms with Gasteiger partial charge in [-0.25, -0.2) is 0 Å². The van der Waals surface area contributed by atoms with Crippen LogP contribution in [0.1, 0.15) is 27.1 Å². The minimum atomic E-state index is -0.566. The van der Waals surface area contributed by atoms with Gasteiger partial charge in [0.25, 0.3) is 10.5 Å². The van der Waals surface area contributed by atoms with E-state index >= 15 is 0 Å². The van der Waals surface area contributed by atoms with Gasteiger partial charge in [0.2, 0.25) is 0 Å². The highest BCUT2D eigenvalue weighted by molar-refractivity contribution is 6.68. The minimum Gasteiger partial charge on any atom is -0.493 e. The molecule has 2 aromatic carbocycles. The Kier molecular flexibility index (Phi) is 7.76. The zero-order chi connectivity index (χ0) is 19.8. The second kappa shape index (κ2) is 10.0. The van der Waals surface area contributed by atoms with E-state index in [0.717, 1.165) is 0 Å². The number of hydrogen-bond donors (Lipinski definition) is 0. The molecule has 0 atom stereocenters. The van der Waals surface area contributed by atoms with Crippen molar-refractivity contribution in [2.24, 2.45) is 0 Å². The summed E-state index contributed by atoms with van der Waals surface area (Å²) in [5.41, 5.74) is 0.658. The van der Waals surface area contributed by atoms with Gasteiger partial charge < -0.3 is 18.9 Å². The van der Waals surface area contributed by atoms with E-state index in [9.17, 15) is 9.59 Å². The number of hydrogen-bond acceptors (Lipinski definition) is 6. The van der Waals surface area contributed by atoms with E-state index < -0.39 is 10.5 Å². The average molecular weight is 413 g/mol. The number of carbonyl (C=O) groups is 2. The summed E-state index contributed by atoms with van der Waals surface area (Å²) < 4.78 is 21.7. The van der Waals surface area contributed by atoms with Gasteiger partial charge in [0, 0.05) is 17.5 Å². The highest BCUT2D eigenvalue weighted by Gasteiger charge is 2.11. The van der Waals surface area contributed by atoms with E-state index in [1.165, 1.54) is 26.4 Å². The van der Waals surface area contributed by atoms with Crippen molar-refractivity contribution in [3.8, 4) is 23.0 Å². The molecule has 144 valence electrons. The second-order valence-electron chi connectivity index (χ2n) is 5.33. The topological polar surface area (TPSA) is 71.1 Å². The first-order valence-electron chi connectivity index (χ1n) is 7.97. The maximum Gasteiger partial charge on any atom is 0.252 e. The molecule has 2 rings (SSSR count). The maximum absolute atomic E-state index is 11.2. The van der Waals surface area contributed by atoms with Gasteiger partial charge >= 0.3 is 0 Å². The predicted octanol–water partition coefficient (Wildman–Crippen LogP) is 4.31. The van der Waals surface area contributed by atoms with Crippen LogP contribution in [-0.2, 0) is 0 Å². The summed E-state index contributed by atoms with van der Waals surface area (Å²) in [6, 6.07) is 9.42. The summed E-state index contributed by atoms with van der Waals surface area (Å²) in [5, 5.41) is -1.13. The van der Waals surface area contributed by atoms with Crippen LogP contribution in [0, 0.1) is 0 Å². The minimum absolute atomic E-state index is 0.329. The van der Waals surface area contributed by atoms with Crippen molar-refractivity contribution in [3.05, 3.63) is 47.5 Å². The monoisotopic (exact) mass is 412 g/mol. The first-order chi connectivity index (χ1) is 13.0. The number of ether oxygens (including phenoxy) is 4. The standard InChI is InChI=1S/C19H18Cl2O6/c1-24-16-10-12(18(20)22)4-6-14(16)26-8-3-9-27-15-7-5-13(19(21)23)11-17(15)25-2/h4-7,10-11H,3,8-9H2,1-2H3. The summed E-state index contributed by atoms with van der Waals surface area (Å²) in [7, 11) is 2.96. The van der Waals surface area contributed by atoms with E-state index in [4.69, 9.17) is 42.1 Å². The normalized spacial score (nSPS) is 10.2. The van der Waals surface area contributed by atoms with E-state index in [1.807, 2.05) is 0 Å². The van der Waals surface area contributed by atoms with Crippen LogP contribution in [-0.4, -0.2) is 37.9 Å². The Balaban J connectivity index is 1.87. The fraction of sp³-hybridized carbons (Fsp3) is 0.263. The zero-order valence-electron chi connectivity index (χ0n) is 14.8. The van der Waals surface area contributed by atoms with Crippen molar-refractivity contribution in [2.75, 3.05) is 27.4 Å². The summed E-state index contributed by atoms with van der Waals surface area (Å²) in [6.07, 6.45) is 0.582. The number of halogens is 2. The lowest BCUT2D eigenvalue weighted by atomic mass is 10.2. The van der Waals surface area contributed by atoms with Gasteiger partial charge in [-0.05, 0) is 59.6 Å². The van der Waals surface area contributed by atoms with Gasteiger partial charge in [0.1, 0.15) is 0 Å². The van der Waals surface area contributed by atoms with Gasteiger partial charge in [0.05, 0.1) is 27.4 Å². The molecule has 0 radical (unpaired) electrons. The molecule has 0 spiro atoms. The fourth-order valence-electron chi connectivity index (χ4n) is 2.24. The summed E-state index contributed by atoms with van der Waals surface area (Å²) >= 11 is 10.9. The van der Waals surface area contributed by atoms with Crippen LogP contribution in [0.25, 0.3) is 0 Å². The number of benzene rings is 2. The van der Waals surface area contributed by atoms with Crippen LogP contribution in [0.5, 0.6) is 23.0 Å². The molecule has 0 unspecified atom stereocenters. The van der Waals surface area contributed by atoms with Gasteiger partial charge in [-0.2, -0.15) is 0 Å². The lowest BCUT2D eigenvalue weighted by molar-refractivity contribution is 0.107. The molecule has 0 aliphatic carbocycles. The Hall–Kier alpha value is -2.44. The highest BCUT2D eigenvalue weighted by Crippen LogP contribution is 2.30. The Morgan fingerprint density at radius 3 is 1.48 bits per heavy atom. The molecule has 0 saturated carbocycles. The van der Waals surface area contributed by atoms with Crippen LogP contribution in [0.2, 0.25) is 0 Å². The molecule has 0 aliphatic heterocycles. The molecule has 0 heterocycles. The summed E-state index contributed by atoms with van der Waals surface area (Å²) in [6.45, 7) is 0.732. The van der Waals surface area contributed by atoms with E-state index in [-0.39, 0.29) is 0 Å². The van der Waals surface area contributed by atoms with Crippen molar-refractivity contribution in [3.63, 3.8) is 0 Å². The lowest BCUT2D eigenvalue weighted by Gasteiger charge is -2.13. The Morgan fingerprint density at radius 1 is 0.741 bits per heavy atom. The SMILES string of the molecule is COc1cc(C(=O)Cl)ccc1OCCCOc1ccc(C(=O)Cl)cc1OC. The predicted molar refractivity (Wildman–Crippen MR) is 102 cm³/mol. The third-order valence-corrected chi connectivity index (χ3v) is 4.02. The van der Waals surface area contributed by atoms with Crippen LogP contribution in [0.15, 0.2) is 36.4 Å². The molecule has 6 nitrogen and oxygen atoms in total. The Labute approximate surface area is 166 Å². The zero-order valence-corrected chi connectivity index (χ0v) is 16.3. The first kappa shape index (κ1) is 20.9. The summed E-state index contributed by atoms with van der Waals surface area (Å²) in [5.74, 6) is 1.85. The third kappa shape index (κ3) is 5.77. The van der Waals surface area contributed by atoms with Crippen molar-refractivity contribution in [2.45, 2.75) is 6.42 Å². The smallest absolute Gasteiger partial charge is 0.252 e. The Morgan fingerprint density at radius 2 is 1.15 bits per heavy atom. The molecular formula is C19H18Cl2O6. The van der Waals surface area contributed by atoms with Gasteiger partial charge in [0.15, 0.2) is 23.0 Å². The van der Waals surface area contributed by atoms with Crippen molar-refractivity contribution < 1.29 is 28.5 Å². The summed E-state index contributed by atoms with van der Waals surface area (Å²) in [4.78, 5) is 22.4. The second-order valence-corrected chi connectivity index (χ2v) is 6.02. The third-order valence-electron chi connectivity index (χ3n) is 3.58. The highest BCUT2D eigenvalue weighted by atomic mass is 35.5. The molecule has 2 aromatic rings. The molecule has 0 aromatic heterocycles. The first-order valence-corrected chi connectivity index (χ1v) is 8.73. The van der Waals surface area contributed by atoms with Crippen molar-refractivity contribution in [1.29, 1.82) is 0 Å². The van der Waals surface area contributed by atoms with Gasteiger partial charge in [-0.1, -0.05) is 0 Å². The maximum atomic E-state index is 11.2. The van der Waals surface area contributed by atoms with Gasteiger partial charge in [-0.15, -0.1) is 0 Å².